The van der Waals surface area contributed by atoms with Crippen LogP contribution in [0.2, 0.25) is 5.02 Å². The Morgan fingerprint density at radius 2 is 1.75 bits per heavy atom. The normalized spacial score (nSPS) is 10.2. The molecule has 1 amide bonds. The van der Waals surface area contributed by atoms with E-state index in [2.05, 4.69) is 5.32 Å². The van der Waals surface area contributed by atoms with Gasteiger partial charge < -0.3 is 5.32 Å². The molecule has 24 heavy (non-hydrogen) atoms. The van der Waals surface area contributed by atoms with Crippen LogP contribution < -0.4 is 5.32 Å². The minimum absolute atomic E-state index is 0.0155. The lowest BCUT2D eigenvalue weighted by Gasteiger charge is -2.06. The third kappa shape index (κ3) is 4.67. The second kappa shape index (κ2) is 7.75. The summed E-state index contributed by atoms with van der Waals surface area (Å²) >= 11 is 6.88. The summed E-state index contributed by atoms with van der Waals surface area (Å²) < 4.78 is 0. The number of halogens is 1. The number of nitro benzene ring substituents is 2. The lowest BCUT2D eigenvalue weighted by Crippen LogP contribution is -2.14. The first-order chi connectivity index (χ1) is 11.4. The highest BCUT2D eigenvalue weighted by Gasteiger charge is 2.14. The van der Waals surface area contributed by atoms with Crippen molar-refractivity contribution < 1.29 is 14.6 Å². The molecule has 0 saturated heterocycles. The van der Waals surface area contributed by atoms with E-state index in [4.69, 9.17) is 11.6 Å². The zero-order valence-corrected chi connectivity index (χ0v) is 13.5. The molecule has 0 aliphatic heterocycles. The summed E-state index contributed by atoms with van der Waals surface area (Å²) in [5, 5.41) is 23.9. The van der Waals surface area contributed by atoms with Crippen LogP contribution in [0.25, 0.3) is 0 Å². The number of hydrogen-bond donors (Lipinski definition) is 1. The Balaban J connectivity index is 1.95. The Kier molecular flexibility index (Phi) is 5.72. The number of carbonyl (C=O) groups is 1. The lowest BCUT2D eigenvalue weighted by molar-refractivity contribution is -0.385. The molecule has 2 aromatic carbocycles. The van der Waals surface area contributed by atoms with Gasteiger partial charge in [0.1, 0.15) is 5.02 Å². The molecule has 10 heteroatoms. The summed E-state index contributed by atoms with van der Waals surface area (Å²) in [5.41, 5.74) is -0.0600. The molecule has 0 aliphatic rings. The molecule has 124 valence electrons. The highest BCUT2D eigenvalue weighted by molar-refractivity contribution is 8.00. The first kappa shape index (κ1) is 17.7. The molecular formula is C14H10ClN3O5S. The van der Waals surface area contributed by atoms with Crippen LogP contribution in [0.1, 0.15) is 0 Å². The summed E-state index contributed by atoms with van der Waals surface area (Å²) in [4.78, 5) is 32.8. The van der Waals surface area contributed by atoms with Gasteiger partial charge in [0.2, 0.25) is 5.91 Å². The van der Waals surface area contributed by atoms with Crippen LogP contribution in [-0.2, 0) is 4.79 Å². The van der Waals surface area contributed by atoms with E-state index in [1.165, 1.54) is 42.1 Å². The maximum Gasteiger partial charge on any atom is 0.289 e. The van der Waals surface area contributed by atoms with Crippen molar-refractivity contribution in [3.63, 3.8) is 0 Å². The molecule has 8 nitrogen and oxygen atoms in total. The fourth-order valence-corrected chi connectivity index (χ4v) is 2.63. The van der Waals surface area contributed by atoms with Gasteiger partial charge in [0.05, 0.1) is 15.6 Å². The monoisotopic (exact) mass is 367 g/mol. The number of anilines is 1. The summed E-state index contributed by atoms with van der Waals surface area (Å²) in [6.07, 6.45) is 0. The molecule has 0 saturated carbocycles. The fourth-order valence-electron chi connectivity index (χ4n) is 1.74. The highest BCUT2D eigenvalue weighted by atomic mass is 35.5. The van der Waals surface area contributed by atoms with Crippen molar-refractivity contribution >= 4 is 46.3 Å². The van der Waals surface area contributed by atoms with Crippen LogP contribution in [0.5, 0.6) is 0 Å². The Labute approximate surface area is 145 Å². The van der Waals surface area contributed by atoms with Gasteiger partial charge in [0.15, 0.2) is 0 Å². The SMILES string of the molecule is O=C(CSc1ccc([N+](=O)[O-])cc1)Nc1ccc(Cl)c([N+](=O)[O-])c1. The quantitative estimate of drug-likeness (QED) is 0.470. The molecule has 0 radical (unpaired) electrons. The molecule has 0 aromatic heterocycles. The van der Waals surface area contributed by atoms with E-state index in [9.17, 15) is 25.0 Å². The van der Waals surface area contributed by atoms with Crippen molar-refractivity contribution in [2.45, 2.75) is 4.90 Å². The first-order valence-corrected chi connectivity index (χ1v) is 7.84. The molecule has 0 spiro atoms. The standard InChI is InChI=1S/C14H10ClN3O5S/c15-12-6-1-9(7-13(12)18(22)23)16-14(19)8-24-11-4-2-10(3-5-11)17(20)21/h1-7H,8H2,(H,16,19). The minimum atomic E-state index is -0.635. The van der Waals surface area contributed by atoms with Crippen molar-refractivity contribution in [3.05, 3.63) is 67.7 Å². The summed E-state index contributed by atoms with van der Waals surface area (Å²) in [6.45, 7) is 0. The second-order valence-electron chi connectivity index (χ2n) is 4.51. The van der Waals surface area contributed by atoms with Gasteiger partial charge in [-0.2, -0.15) is 0 Å². The van der Waals surface area contributed by atoms with E-state index >= 15 is 0 Å². The van der Waals surface area contributed by atoms with E-state index in [-0.39, 0.29) is 33.7 Å². The van der Waals surface area contributed by atoms with Gasteiger partial charge in [0, 0.05) is 28.8 Å². The van der Waals surface area contributed by atoms with Gasteiger partial charge in [0.25, 0.3) is 11.4 Å². The number of carbonyl (C=O) groups excluding carboxylic acids is 1. The number of benzene rings is 2. The van der Waals surface area contributed by atoms with Crippen LogP contribution in [-0.4, -0.2) is 21.5 Å². The zero-order valence-electron chi connectivity index (χ0n) is 12.0. The Morgan fingerprint density at radius 1 is 1.08 bits per heavy atom. The van der Waals surface area contributed by atoms with Crippen molar-refractivity contribution in [1.82, 2.24) is 0 Å². The Hall–Kier alpha value is -2.65. The summed E-state index contributed by atoms with van der Waals surface area (Å²) in [5.74, 6) is -0.316. The molecule has 0 fully saturated rings. The number of hydrogen-bond acceptors (Lipinski definition) is 6. The Bertz CT molecular complexity index is 797. The number of thioether (sulfide) groups is 1. The van der Waals surface area contributed by atoms with Crippen LogP contribution in [0.15, 0.2) is 47.4 Å². The van der Waals surface area contributed by atoms with Crippen LogP contribution >= 0.6 is 23.4 Å². The summed E-state index contributed by atoms with van der Waals surface area (Å²) in [7, 11) is 0. The number of rotatable bonds is 6. The smallest absolute Gasteiger partial charge is 0.289 e. The predicted octanol–water partition coefficient (Wildman–Crippen LogP) is 3.89. The molecule has 0 heterocycles. The van der Waals surface area contributed by atoms with Crippen molar-refractivity contribution in [3.8, 4) is 0 Å². The van der Waals surface area contributed by atoms with Crippen LogP contribution in [0, 0.1) is 20.2 Å². The molecule has 0 bridgehead atoms. The van der Waals surface area contributed by atoms with Crippen LogP contribution in [0.3, 0.4) is 0 Å². The molecule has 0 atom stereocenters. The van der Waals surface area contributed by atoms with Gasteiger partial charge in [-0.15, -0.1) is 11.8 Å². The number of non-ortho nitro benzene ring substituents is 1. The van der Waals surface area contributed by atoms with E-state index in [0.29, 0.717) is 4.90 Å². The largest absolute Gasteiger partial charge is 0.325 e. The Morgan fingerprint density at radius 3 is 2.33 bits per heavy atom. The molecule has 1 N–H and O–H groups in total. The van der Waals surface area contributed by atoms with Gasteiger partial charge in [-0.05, 0) is 24.3 Å². The average Bonchev–Trinajstić information content (AvgIpc) is 2.55. The molecule has 2 rings (SSSR count). The molecule has 2 aromatic rings. The first-order valence-electron chi connectivity index (χ1n) is 6.48. The number of nitrogens with zero attached hydrogens (tertiary/aromatic N) is 2. The zero-order chi connectivity index (χ0) is 17.7. The predicted molar refractivity (Wildman–Crippen MR) is 90.6 cm³/mol. The summed E-state index contributed by atoms with van der Waals surface area (Å²) in [6, 6.07) is 9.76. The lowest BCUT2D eigenvalue weighted by atomic mass is 10.3. The number of amides is 1. The minimum Gasteiger partial charge on any atom is -0.325 e. The third-order valence-electron chi connectivity index (χ3n) is 2.84. The van der Waals surface area contributed by atoms with Crippen LogP contribution in [0.4, 0.5) is 17.1 Å². The third-order valence-corrected chi connectivity index (χ3v) is 4.18. The highest BCUT2D eigenvalue weighted by Crippen LogP contribution is 2.27. The molecule has 0 unspecified atom stereocenters. The molecular weight excluding hydrogens is 358 g/mol. The van der Waals surface area contributed by atoms with E-state index in [1.807, 2.05) is 0 Å². The van der Waals surface area contributed by atoms with Gasteiger partial charge >= 0.3 is 0 Å². The van der Waals surface area contributed by atoms with E-state index in [0.717, 1.165) is 0 Å². The maximum atomic E-state index is 11.9. The number of nitro groups is 2. The van der Waals surface area contributed by atoms with Gasteiger partial charge in [-0.1, -0.05) is 11.6 Å². The maximum absolute atomic E-state index is 11.9. The second-order valence-corrected chi connectivity index (χ2v) is 5.97. The van der Waals surface area contributed by atoms with Gasteiger partial charge in [-0.25, -0.2) is 0 Å². The van der Waals surface area contributed by atoms with E-state index in [1.54, 1.807) is 12.1 Å². The average molecular weight is 368 g/mol. The van der Waals surface area contributed by atoms with Gasteiger partial charge in [-0.3, -0.25) is 25.0 Å². The van der Waals surface area contributed by atoms with Crippen molar-refractivity contribution in [1.29, 1.82) is 0 Å². The van der Waals surface area contributed by atoms with Crippen molar-refractivity contribution in [2.24, 2.45) is 0 Å². The number of nitrogens with one attached hydrogen (secondary N) is 1. The fraction of sp³-hybridized carbons (Fsp3) is 0.0714. The van der Waals surface area contributed by atoms with E-state index < -0.39 is 9.85 Å². The topological polar surface area (TPSA) is 115 Å². The van der Waals surface area contributed by atoms with Crippen molar-refractivity contribution in [2.75, 3.05) is 11.1 Å². The molecule has 0 aliphatic carbocycles.